The Hall–Kier alpha value is -3.09. The van der Waals surface area contributed by atoms with Crippen LogP contribution in [0.5, 0.6) is 5.75 Å². The third-order valence-corrected chi connectivity index (χ3v) is 6.62. The van der Waals surface area contributed by atoms with Crippen molar-refractivity contribution in [1.29, 1.82) is 0 Å². The predicted molar refractivity (Wildman–Crippen MR) is 114 cm³/mol. The highest BCUT2D eigenvalue weighted by molar-refractivity contribution is 7.89. The first kappa shape index (κ1) is 24.6. The number of carbonyl (C=O) groups excluding carboxylic acids is 1. The molecule has 0 aromatic heterocycles. The number of halogens is 3. The number of hydroxylamine groups is 1. The zero-order valence-corrected chi connectivity index (χ0v) is 18.4. The van der Waals surface area contributed by atoms with E-state index in [1.807, 2.05) is 0 Å². The van der Waals surface area contributed by atoms with Crippen LogP contribution < -0.4 is 15.5 Å². The number of methoxy groups -OCH3 is 1. The van der Waals surface area contributed by atoms with E-state index in [9.17, 15) is 26.4 Å². The van der Waals surface area contributed by atoms with Crippen LogP contribution in [0.2, 0.25) is 0 Å². The van der Waals surface area contributed by atoms with Gasteiger partial charge in [0.15, 0.2) is 6.61 Å². The van der Waals surface area contributed by atoms with Gasteiger partial charge in [-0.3, -0.25) is 15.1 Å². The third-order valence-electron chi connectivity index (χ3n) is 4.76. The van der Waals surface area contributed by atoms with E-state index in [0.29, 0.717) is 23.2 Å². The van der Waals surface area contributed by atoms with Crippen LogP contribution in [0.1, 0.15) is 12.0 Å². The highest BCUT2D eigenvalue weighted by Crippen LogP contribution is 2.31. The minimum Gasteiger partial charge on any atom is -0.495 e. The molecule has 1 aliphatic rings. The largest absolute Gasteiger partial charge is 0.495 e. The number of rotatable bonds is 8. The number of carbonyl (C=O) groups is 1. The summed E-state index contributed by atoms with van der Waals surface area (Å²) < 4.78 is 70.4. The van der Waals surface area contributed by atoms with Crippen LogP contribution >= 0.6 is 0 Å². The summed E-state index contributed by atoms with van der Waals surface area (Å²) in [7, 11) is -2.62. The minimum atomic E-state index is -4.64. The van der Waals surface area contributed by atoms with Crippen molar-refractivity contribution < 1.29 is 36.0 Å². The second-order valence-electron chi connectivity index (χ2n) is 7.01. The Morgan fingerprint density at radius 3 is 2.58 bits per heavy atom. The minimum absolute atomic E-state index is 0.0359. The summed E-state index contributed by atoms with van der Waals surface area (Å²) >= 11 is 0. The van der Waals surface area contributed by atoms with E-state index >= 15 is 0 Å². The number of alkyl halides is 3. The average Bonchev–Trinajstić information content (AvgIpc) is 2.79. The molecule has 2 N–H and O–H groups in total. The number of hydrogen-bond donors (Lipinski definition) is 2. The van der Waals surface area contributed by atoms with E-state index in [-0.39, 0.29) is 26.1 Å². The van der Waals surface area contributed by atoms with Crippen LogP contribution in [0.15, 0.2) is 65.2 Å². The second-order valence-corrected chi connectivity index (χ2v) is 8.95. The van der Waals surface area contributed by atoms with E-state index in [2.05, 4.69) is 10.8 Å². The number of benzene rings is 2. The molecule has 3 rings (SSSR count). The average molecular weight is 485 g/mol. The number of hydrogen-bond acceptors (Lipinski definition) is 6. The molecule has 0 radical (unpaired) electrons. The Morgan fingerprint density at radius 1 is 1.15 bits per heavy atom. The maximum absolute atomic E-state index is 12.9. The number of amides is 1. The Kier molecular flexibility index (Phi) is 7.61. The van der Waals surface area contributed by atoms with Gasteiger partial charge in [-0.15, -0.1) is 0 Å². The summed E-state index contributed by atoms with van der Waals surface area (Å²) in [6.07, 6.45) is -2.88. The lowest BCUT2D eigenvalue weighted by Gasteiger charge is -2.26. The molecular weight excluding hydrogens is 463 g/mol. The molecule has 0 saturated heterocycles. The molecule has 0 unspecified atom stereocenters. The molecular formula is C21H22F3N3O5S. The van der Waals surface area contributed by atoms with Crippen LogP contribution in [0.3, 0.4) is 0 Å². The summed E-state index contributed by atoms with van der Waals surface area (Å²) in [5, 5.41) is 2.64. The summed E-state index contributed by atoms with van der Waals surface area (Å²) in [5.74, 6) is 0.0630. The number of nitrogens with one attached hydrogen (secondary N) is 2. The Labute approximate surface area is 189 Å². The van der Waals surface area contributed by atoms with Crippen LogP contribution in [-0.4, -0.2) is 45.4 Å². The summed E-state index contributed by atoms with van der Waals surface area (Å²) in [6.45, 7) is -0.340. The van der Waals surface area contributed by atoms with Gasteiger partial charge in [0.05, 0.1) is 23.3 Å². The highest BCUT2D eigenvalue weighted by atomic mass is 32.2. The first-order valence-corrected chi connectivity index (χ1v) is 11.2. The van der Waals surface area contributed by atoms with Crippen LogP contribution in [0.25, 0.3) is 0 Å². The van der Waals surface area contributed by atoms with Crippen molar-refractivity contribution in [2.45, 2.75) is 17.5 Å². The van der Waals surface area contributed by atoms with Gasteiger partial charge in [-0.2, -0.15) is 17.5 Å². The van der Waals surface area contributed by atoms with Crippen molar-refractivity contribution in [3.63, 3.8) is 0 Å². The quantitative estimate of drug-likeness (QED) is 0.558. The van der Waals surface area contributed by atoms with Gasteiger partial charge in [-0.1, -0.05) is 18.2 Å². The summed E-state index contributed by atoms with van der Waals surface area (Å²) in [5.41, 5.74) is 2.62. The molecule has 0 aliphatic carbocycles. The summed E-state index contributed by atoms with van der Waals surface area (Å²) in [6, 6.07) is 10.5. The van der Waals surface area contributed by atoms with Crippen LogP contribution in [0.4, 0.5) is 18.9 Å². The Bertz CT molecular complexity index is 1140. The van der Waals surface area contributed by atoms with Gasteiger partial charge in [0.2, 0.25) is 10.0 Å². The van der Waals surface area contributed by atoms with Crippen molar-refractivity contribution >= 4 is 21.6 Å². The van der Waals surface area contributed by atoms with Gasteiger partial charge >= 0.3 is 6.18 Å². The van der Waals surface area contributed by atoms with E-state index in [1.54, 1.807) is 24.3 Å². The molecule has 1 amide bonds. The van der Waals surface area contributed by atoms with Gasteiger partial charge in [0, 0.05) is 25.2 Å². The fraction of sp³-hybridized carbons (Fsp3) is 0.286. The van der Waals surface area contributed by atoms with E-state index < -0.39 is 32.6 Å². The highest BCUT2D eigenvalue weighted by Gasteiger charge is 2.33. The number of anilines is 1. The fourth-order valence-corrected chi connectivity index (χ4v) is 4.50. The van der Waals surface area contributed by atoms with Crippen molar-refractivity contribution in [1.82, 2.24) is 9.79 Å². The Balaban J connectivity index is 1.53. The lowest BCUT2D eigenvalue weighted by molar-refractivity contribution is -0.137. The van der Waals surface area contributed by atoms with Gasteiger partial charge < -0.3 is 10.1 Å². The molecule has 0 saturated carbocycles. The van der Waals surface area contributed by atoms with Gasteiger partial charge in [-0.25, -0.2) is 8.42 Å². The van der Waals surface area contributed by atoms with Gasteiger partial charge in [0.25, 0.3) is 5.91 Å². The first-order chi connectivity index (χ1) is 15.6. The van der Waals surface area contributed by atoms with Crippen LogP contribution in [-0.2, 0) is 25.8 Å². The lowest BCUT2D eigenvalue weighted by Crippen LogP contribution is -2.37. The molecule has 0 spiro atoms. The number of sulfonamides is 1. The van der Waals surface area contributed by atoms with Crippen molar-refractivity contribution in [3.8, 4) is 5.75 Å². The maximum atomic E-state index is 12.9. The van der Waals surface area contributed by atoms with Gasteiger partial charge in [-0.05, 0) is 36.4 Å². The molecule has 178 valence electrons. The fourth-order valence-electron chi connectivity index (χ4n) is 3.07. The van der Waals surface area contributed by atoms with E-state index in [1.165, 1.54) is 13.2 Å². The molecule has 1 heterocycles. The molecule has 33 heavy (non-hydrogen) atoms. The van der Waals surface area contributed by atoms with Crippen molar-refractivity contribution in [2.75, 3.05) is 32.1 Å². The Morgan fingerprint density at radius 2 is 1.91 bits per heavy atom. The molecule has 0 atom stereocenters. The molecule has 1 aliphatic heterocycles. The van der Waals surface area contributed by atoms with Gasteiger partial charge in [0.1, 0.15) is 5.75 Å². The lowest BCUT2D eigenvalue weighted by atomic mass is 10.2. The molecule has 2 aromatic carbocycles. The maximum Gasteiger partial charge on any atom is 0.416 e. The number of ether oxygens (including phenoxy) is 1. The third kappa shape index (κ3) is 6.24. The smallest absolute Gasteiger partial charge is 0.416 e. The zero-order valence-electron chi connectivity index (χ0n) is 17.6. The summed E-state index contributed by atoms with van der Waals surface area (Å²) in [4.78, 5) is 16.8. The van der Waals surface area contributed by atoms with Crippen molar-refractivity contribution in [2.24, 2.45) is 0 Å². The second kappa shape index (κ2) is 10.2. The number of para-hydroxylation sites is 2. The topological polar surface area (TPSA) is 97.0 Å². The predicted octanol–water partition coefficient (Wildman–Crippen LogP) is 3.15. The molecule has 0 fully saturated rings. The molecule has 0 bridgehead atoms. The SMILES string of the molecule is COc1ccccc1NC(=O)CONC1=CCN(S(=O)(=O)c2cccc(C(F)(F)F)c2)CC1. The van der Waals surface area contributed by atoms with E-state index in [4.69, 9.17) is 9.57 Å². The van der Waals surface area contributed by atoms with Crippen LogP contribution in [0, 0.1) is 0 Å². The zero-order chi connectivity index (χ0) is 24.1. The molecule has 8 nitrogen and oxygen atoms in total. The standard InChI is InChI=1S/C21H22F3N3O5S/c1-31-19-8-3-2-7-18(19)25-20(28)14-32-26-16-9-11-27(12-10-16)33(29,30)17-6-4-5-15(13-17)21(22,23)24/h2-9,13,26H,10-12,14H2,1H3,(H,25,28). The molecule has 2 aromatic rings. The normalized spacial score (nSPS) is 15.0. The van der Waals surface area contributed by atoms with Crippen molar-refractivity contribution in [3.05, 3.63) is 65.9 Å². The molecule has 12 heteroatoms. The van der Waals surface area contributed by atoms with E-state index in [0.717, 1.165) is 22.5 Å². The monoisotopic (exact) mass is 485 g/mol. The number of nitrogens with zero attached hydrogens (tertiary/aromatic N) is 1. The first-order valence-electron chi connectivity index (χ1n) is 9.78.